The fourth-order valence-corrected chi connectivity index (χ4v) is 3.35. The monoisotopic (exact) mass is 317 g/mol. The van der Waals surface area contributed by atoms with Crippen molar-refractivity contribution < 1.29 is 13.2 Å². The molecule has 1 aromatic rings. The molecule has 0 radical (unpaired) electrons. The highest BCUT2D eigenvalue weighted by Gasteiger charge is 2.39. The normalized spacial score (nSPS) is 19.5. The lowest BCUT2D eigenvalue weighted by atomic mass is 9.99. The Morgan fingerprint density at radius 3 is 2.75 bits per heavy atom. The van der Waals surface area contributed by atoms with Crippen LogP contribution in [0.5, 0.6) is 0 Å². The van der Waals surface area contributed by atoms with E-state index in [0.29, 0.717) is 5.13 Å². The first-order valence-electron chi connectivity index (χ1n) is 6.36. The van der Waals surface area contributed by atoms with Crippen LogP contribution in [0, 0.1) is 0 Å². The molecule has 0 saturated heterocycles. The van der Waals surface area contributed by atoms with E-state index in [1.807, 2.05) is 0 Å². The molecule has 1 aromatic heterocycles. The summed E-state index contributed by atoms with van der Waals surface area (Å²) >= 11 is 1.38. The van der Waals surface area contributed by atoms with Crippen LogP contribution in [0.15, 0.2) is 0 Å². The predicted molar refractivity (Wildman–Crippen MR) is 79.7 cm³/mol. The molecule has 1 aliphatic carbocycles. The topological polar surface area (TPSA) is 102 Å². The van der Waals surface area contributed by atoms with Crippen molar-refractivity contribution in [1.82, 2.24) is 4.98 Å². The van der Waals surface area contributed by atoms with E-state index in [-0.39, 0.29) is 6.04 Å². The standard InChI is InChI=1S/C12H19N3O3S2/c1-12(2,20(3,17)18)10(16)15-11-14-8-5-4-7(13)6-9(8)19-11/h7H,4-6,13H2,1-3H3,(H,14,15,16)/t7-/m0/s1. The van der Waals surface area contributed by atoms with Gasteiger partial charge in [-0.15, -0.1) is 11.3 Å². The van der Waals surface area contributed by atoms with Gasteiger partial charge in [-0.3, -0.25) is 4.79 Å². The fourth-order valence-electron chi connectivity index (χ4n) is 1.87. The van der Waals surface area contributed by atoms with E-state index in [9.17, 15) is 13.2 Å². The quantitative estimate of drug-likeness (QED) is 0.855. The number of anilines is 1. The third kappa shape index (κ3) is 2.87. The molecule has 3 N–H and O–H groups in total. The van der Waals surface area contributed by atoms with E-state index in [4.69, 9.17) is 5.73 Å². The highest BCUT2D eigenvalue weighted by Crippen LogP contribution is 2.30. The molecule has 8 heteroatoms. The summed E-state index contributed by atoms with van der Waals surface area (Å²) in [5.74, 6) is -0.560. The molecular weight excluding hydrogens is 298 g/mol. The van der Waals surface area contributed by atoms with E-state index in [1.54, 1.807) is 0 Å². The average Bonchev–Trinajstić information content (AvgIpc) is 2.68. The lowest BCUT2D eigenvalue weighted by molar-refractivity contribution is -0.117. The summed E-state index contributed by atoms with van der Waals surface area (Å²) < 4.78 is 21.8. The molecule has 1 heterocycles. The van der Waals surface area contributed by atoms with Gasteiger partial charge in [0.05, 0.1) is 5.69 Å². The molecule has 1 aliphatic rings. The number of thiazole rings is 1. The Hall–Kier alpha value is -0.990. The summed E-state index contributed by atoms with van der Waals surface area (Å²) in [7, 11) is -3.49. The zero-order valence-corrected chi connectivity index (χ0v) is 13.4. The summed E-state index contributed by atoms with van der Waals surface area (Å²) in [6.07, 6.45) is 3.51. The van der Waals surface area contributed by atoms with Crippen LogP contribution in [0.1, 0.15) is 30.8 Å². The number of aryl methyl sites for hydroxylation is 1. The number of carbonyl (C=O) groups is 1. The molecule has 0 aromatic carbocycles. The van der Waals surface area contributed by atoms with Crippen LogP contribution >= 0.6 is 11.3 Å². The molecule has 2 rings (SSSR count). The van der Waals surface area contributed by atoms with Gasteiger partial charge >= 0.3 is 0 Å². The minimum Gasteiger partial charge on any atom is -0.327 e. The third-order valence-corrected chi connectivity index (χ3v) is 6.75. The number of nitrogens with two attached hydrogens (primary N) is 1. The number of hydrogen-bond acceptors (Lipinski definition) is 6. The predicted octanol–water partition coefficient (Wildman–Crippen LogP) is 0.721. The Bertz CT molecular complexity index is 634. The van der Waals surface area contributed by atoms with Crippen molar-refractivity contribution in [3.8, 4) is 0 Å². The molecule has 0 spiro atoms. The number of fused-ring (bicyclic) bond motifs is 1. The lowest BCUT2D eigenvalue weighted by Gasteiger charge is -2.20. The van der Waals surface area contributed by atoms with Gasteiger partial charge in [-0.1, -0.05) is 0 Å². The minimum atomic E-state index is -3.49. The number of rotatable bonds is 3. The molecule has 1 atom stereocenters. The van der Waals surface area contributed by atoms with Crippen LogP contribution in [0.25, 0.3) is 0 Å². The van der Waals surface area contributed by atoms with Gasteiger partial charge < -0.3 is 11.1 Å². The van der Waals surface area contributed by atoms with Gasteiger partial charge in [-0.25, -0.2) is 13.4 Å². The number of aromatic nitrogens is 1. The maximum Gasteiger partial charge on any atom is 0.247 e. The summed E-state index contributed by atoms with van der Waals surface area (Å²) in [5.41, 5.74) is 6.86. The largest absolute Gasteiger partial charge is 0.327 e. The summed E-state index contributed by atoms with van der Waals surface area (Å²) in [6, 6.07) is 0.138. The number of hydrogen-bond donors (Lipinski definition) is 2. The highest BCUT2D eigenvalue weighted by molar-refractivity contribution is 7.92. The maximum absolute atomic E-state index is 12.1. The second-order valence-electron chi connectivity index (χ2n) is 5.63. The smallest absolute Gasteiger partial charge is 0.247 e. The van der Waals surface area contributed by atoms with Crippen LogP contribution in [-0.4, -0.2) is 36.4 Å². The summed E-state index contributed by atoms with van der Waals surface area (Å²) in [5, 5.41) is 3.06. The summed E-state index contributed by atoms with van der Waals surface area (Å²) in [4.78, 5) is 17.5. The molecule has 1 amide bonds. The third-order valence-electron chi connectivity index (χ3n) is 3.67. The second kappa shape index (κ2) is 5.09. The number of carbonyl (C=O) groups excluding carboxylic acids is 1. The van der Waals surface area contributed by atoms with Crippen molar-refractivity contribution in [2.75, 3.05) is 11.6 Å². The van der Waals surface area contributed by atoms with Crippen LogP contribution in [0.3, 0.4) is 0 Å². The number of sulfone groups is 1. The molecule has 6 nitrogen and oxygen atoms in total. The SMILES string of the molecule is CC(C)(C(=O)Nc1nc2c(s1)C[C@@H](N)CC2)S(C)(=O)=O. The van der Waals surface area contributed by atoms with Crippen molar-refractivity contribution in [2.45, 2.75) is 43.9 Å². The van der Waals surface area contributed by atoms with E-state index in [0.717, 1.165) is 36.1 Å². The fraction of sp³-hybridized carbons (Fsp3) is 0.667. The van der Waals surface area contributed by atoms with Crippen molar-refractivity contribution in [3.63, 3.8) is 0 Å². The van der Waals surface area contributed by atoms with Crippen LogP contribution < -0.4 is 11.1 Å². The molecule has 0 unspecified atom stereocenters. The van der Waals surface area contributed by atoms with Crippen molar-refractivity contribution >= 4 is 32.2 Å². The molecule has 20 heavy (non-hydrogen) atoms. The zero-order chi connectivity index (χ0) is 15.1. The second-order valence-corrected chi connectivity index (χ2v) is 9.28. The molecule has 0 aliphatic heterocycles. The van der Waals surface area contributed by atoms with Crippen LogP contribution in [0.4, 0.5) is 5.13 Å². The number of nitrogens with one attached hydrogen (secondary N) is 1. The molecule has 0 bridgehead atoms. The molecule has 112 valence electrons. The van der Waals surface area contributed by atoms with Crippen molar-refractivity contribution in [1.29, 1.82) is 0 Å². The first-order valence-corrected chi connectivity index (χ1v) is 9.07. The van der Waals surface area contributed by atoms with Crippen LogP contribution in [0.2, 0.25) is 0 Å². The molecular formula is C12H19N3O3S2. The Kier molecular flexibility index (Phi) is 3.92. The van der Waals surface area contributed by atoms with Gasteiger partial charge in [0.2, 0.25) is 5.91 Å². The van der Waals surface area contributed by atoms with Gasteiger partial charge in [0, 0.05) is 17.2 Å². The first kappa shape index (κ1) is 15.4. The molecule has 0 saturated carbocycles. The van der Waals surface area contributed by atoms with E-state index in [2.05, 4.69) is 10.3 Å². The Balaban J connectivity index is 2.18. The van der Waals surface area contributed by atoms with E-state index in [1.165, 1.54) is 25.2 Å². The Labute approximate surface area is 122 Å². The van der Waals surface area contributed by atoms with E-state index >= 15 is 0 Å². The lowest BCUT2D eigenvalue weighted by Crippen LogP contribution is -2.43. The first-order chi connectivity index (χ1) is 9.11. The van der Waals surface area contributed by atoms with Crippen molar-refractivity contribution in [3.05, 3.63) is 10.6 Å². The Morgan fingerprint density at radius 2 is 2.15 bits per heavy atom. The average molecular weight is 317 g/mol. The number of nitrogens with zero attached hydrogens (tertiary/aromatic N) is 1. The highest BCUT2D eigenvalue weighted by atomic mass is 32.2. The van der Waals surface area contributed by atoms with Gasteiger partial charge in [0.1, 0.15) is 4.75 Å². The zero-order valence-electron chi connectivity index (χ0n) is 11.8. The number of amides is 1. The molecule has 0 fully saturated rings. The van der Waals surface area contributed by atoms with Gasteiger partial charge in [0.25, 0.3) is 0 Å². The van der Waals surface area contributed by atoms with Gasteiger partial charge in [-0.05, 0) is 33.1 Å². The Morgan fingerprint density at radius 1 is 1.50 bits per heavy atom. The van der Waals surface area contributed by atoms with Gasteiger partial charge in [-0.2, -0.15) is 0 Å². The van der Waals surface area contributed by atoms with Gasteiger partial charge in [0.15, 0.2) is 15.0 Å². The minimum absolute atomic E-state index is 0.138. The summed E-state index contributed by atoms with van der Waals surface area (Å²) in [6.45, 7) is 2.78. The van der Waals surface area contributed by atoms with Crippen LogP contribution in [-0.2, 0) is 27.5 Å². The van der Waals surface area contributed by atoms with E-state index < -0.39 is 20.5 Å². The maximum atomic E-state index is 12.1. The van der Waals surface area contributed by atoms with Crippen molar-refractivity contribution in [2.24, 2.45) is 5.73 Å².